The third kappa shape index (κ3) is 3.14. The van der Waals surface area contributed by atoms with Crippen molar-refractivity contribution in [2.24, 2.45) is 0 Å². The first-order chi connectivity index (χ1) is 7.36. The Morgan fingerprint density at radius 3 is 3.20 bits per heavy atom. The largest absolute Gasteiger partial charge is 0.378 e. The highest BCUT2D eigenvalue weighted by Gasteiger charge is 2.15. The molecule has 0 radical (unpaired) electrons. The maximum absolute atomic E-state index is 11.6. The van der Waals surface area contributed by atoms with Crippen LogP contribution in [0.1, 0.15) is 42.5 Å². The smallest absolute Gasteiger partial charge is 0.163 e. The van der Waals surface area contributed by atoms with E-state index in [0.717, 1.165) is 25.0 Å². The molecular formula is C12H16O2S. The lowest BCUT2D eigenvalue weighted by molar-refractivity contribution is 0.0923. The summed E-state index contributed by atoms with van der Waals surface area (Å²) in [5, 5.41) is 3.88. The highest BCUT2D eigenvalue weighted by atomic mass is 32.1. The number of ether oxygens (including phenoxy) is 1. The lowest BCUT2D eigenvalue weighted by atomic mass is 10.1. The molecule has 1 aromatic heterocycles. The van der Waals surface area contributed by atoms with Crippen LogP contribution in [0.15, 0.2) is 16.8 Å². The Morgan fingerprint density at radius 1 is 1.60 bits per heavy atom. The van der Waals surface area contributed by atoms with E-state index in [9.17, 15) is 4.79 Å². The highest BCUT2D eigenvalue weighted by molar-refractivity contribution is 7.08. The Kier molecular flexibility index (Phi) is 3.92. The molecular weight excluding hydrogens is 208 g/mol. The maximum atomic E-state index is 11.6. The number of Topliss-reactive ketones (excluding diaryl/α,β-unsaturated/α-hetero) is 1. The summed E-state index contributed by atoms with van der Waals surface area (Å²) in [7, 11) is 0. The van der Waals surface area contributed by atoms with Gasteiger partial charge in [-0.1, -0.05) is 0 Å². The van der Waals surface area contributed by atoms with Crippen molar-refractivity contribution in [3.63, 3.8) is 0 Å². The van der Waals surface area contributed by atoms with Crippen molar-refractivity contribution in [1.29, 1.82) is 0 Å². The summed E-state index contributed by atoms with van der Waals surface area (Å²) in [4.78, 5) is 11.6. The van der Waals surface area contributed by atoms with Gasteiger partial charge in [0.2, 0.25) is 0 Å². The molecule has 1 aromatic rings. The van der Waals surface area contributed by atoms with E-state index < -0.39 is 0 Å². The third-order valence-corrected chi connectivity index (χ3v) is 3.48. The number of carbonyl (C=O) groups is 1. The molecule has 2 nitrogen and oxygen atoms in total. The molecule has 0 bridgehead atoms. The van der Waals surface area contributed by atoms with E-state index in [0.29, 0.717) is 12.5 Å². The quantitative estimate of drug-likeness (QED) is 0.717. The Morgan fingerprint density at radius 2 is 2.53 bits per heavy atom. The monoisotopic (exact) mass is 224 g/mol. The topological polar surface area (TPSA) is 26.3 Å². The van der Waals surface area contributed by atoms with E-state index in [-0.39, 0.29) is 5.78 Å². The number of hydrogen-bond acceptors (Lipinski definition) is 3. The van der Waals surface area contributed by atoms with Crippen molar-refractivity contribution in [1.82, 2.24) is 0 Å². The lowest BCUT2D eigenvalue weighted by Crippen LogP contribution is -2.06. The average molecular weight is 224 g/mol. The molecule has 1 saturated heterocycles. The van der Waals surface area contributed by atoms with Gasteiger partial charge in [0, 0.05) is 24.0 Å². The Bertz CT molecular complexity index is 299. The summed E-state index contributed by atoms with van der Waals surface area (Å²) >= 11 is 1.58. The molecule has 1 fully saturated rings. The van der Waals surface area contributed by atoms with Gasteiger partial charge in [0.15, 0.2) is 5.78 Å². The number of rotatable bonds is 5. The third-order valence-electron chi connectivity index (χ3n) is 2.80. The van der Waals surface area contributed by atoms with Crippen molar-refractivity contribution < 1.29 is 9.53 Å². The number of carbonyl (C=O) groups excluding carboxylic acids is 1. The van der Waals surface area contributed by atoms with Gasteiger partial charge in [0.25, 0.3) is 0 Å². The van der Waals surface area contributed by atoms with Crippen LogP contribution in [-0.4, -0.2) is 18.5 Å². The van der Waals surface area contributed by atoms with Gasteiger partial charge in [-0.05, 0) is 37.1 Å². The normalized spacial score (nSPS) is 20.7. The van der Waals surface area contributed by atoms with Crippen molar-refractivity contribution >= 4 is 17.1 Å². The van der Waals surface area contributed by atoms with Gasteiger partial charge in [-0.2, -0.15) is 11.3 Å². The minimum Gasteiger partial charge on any atom is -0.378 e. The number of ketones is 1. The molecule has 1 aliphatic heterocycles. The van der Waals surface area contributed by atoms with Crippen LogP contribution in [0.3, 0.4) is 0 Å². The molecule has 2 rings (SSSR count). The van der Waals surface area contributed by atoms with Crippen LogP contribution in [0.4, 0.5) is 0 Å². The van der Waals surface area contributed by atoms with E-state index in [1.54, 1.807) is 11.3 Å². The van der Waals surface area contributed by atoms with Crippen molar-refractivity contribution in [3.8, 4) is 0 Å². The van der Waals surface area contributed by atoms with Crippen LogP contribution in [0.2, 0.25) is 0 Å². The average Bonchev–Trinajstić information content (AvgIpc) is 2.90. The van der Waals surface area contributed by atoms with Gasteiger partial charge >= 0.3 is 0 Å². The Hall–Kier alpha value is -0.670. The first-order valence-corrected chi connectivity index (χ1v) is 6.47. The summed E-state index contributed by atoms with van der Waals surface area (Å²) in [6, 6.07) is 1.90. The Labute approximate surface area is 94.3 Å². The fraction of sp³-hybridized carbons (Fsp3) is 0.583. The molecule has 1 atom stereocenters. The molecule has 0 aromatic carbocycles. The van der Waals surface area contributed by atoms with Crippen molar-refractivity contribution in [2.45, 2.75) is 38.2 Å². The van der Waals surface area contributed by atoms with Gasteiger partial charge in [0.05, 0.1) is 6.10 Å². The molecule has 2 heterocycles. The van der Waals surface area contributed by atoms with Crippen LogP contribution in [0, 0.1) is 0 Å². The molecule has 1 aliphatic rings. The summed E-state index contributed by atoms with van der Waals surface area (Å²) in [6.07, 6.45) is 5.43. The van der Waals surface area contributed by atoms with Gasteiger partial charge in [-0.3, -0.25) is 4.79 Å². The summed E-state index contributed by atoms with van der Waals surface area (Å²) < 4.78 is 5.52. The molecule has 82 valence electrons. The lowest BCUT2D eigenvalue weighted by Gasteiger charge is -2.07. The first kappa shape index (κ1) is 10.8. The molecule has 1 unspecified atom stereocenters. The molecule has 0 amide bonds. The van der Waals surface area contributed by atoms with Gasteiger partial charge in [0.1, 0.15) is 0 Å². The number of thiophene rings is 1. The molecule has 0 spiro atoms. The van der Waals surface area contributed by atoms with Crippen LogP contribution < -0.4 is 0 Å². The second-order valence-corrected chi connectivity index (χ2v) is 4.74. The molecule has 0 aliphatic carbocycles. The van der Waals surface area contributed by atoms with E-state index in [1.807, 2.05) is 16.8 Å². The standard InChI is InChI=1S/C12H16O2S/c13-12(10-6-8-15-9-10)5-1-3-11-4-2-7-14-11/h6,8-9,11H,1-5,7H2. The van der Waals surface area contributed by atoms with Gasteiger partial charge in [-0.15, -0.1) is 0 Å². The van der Waals surface area contributed by atoms with E-state index in [4.69, 9.17) is 4.74 Å². The molecule has 0 N–H and O–H groups in total. The molecule has 3 heteroatoms. The minimum absolute atomic E-state index is 0.272. The fourth-order valence-corrected chi connectivity index (χ4v) is 2.59. The zero-order chi connectivity index (χ0) is 10.5. The maximum Gasteiger partial charge on any atom is 0.163 e. The fourth-order valence-electron chi connectivity index (χ4n) is 1.93. The highest BCUT2D eigenvalue weighted by Crippen LogP contribution is 2.18. The zero-order valence-corrected chi connectivity index (χ0v) is 9.59. The van der Waals surface area contributed by atoms with E-state index >= 15 is 0 Å². The minimum atomic E-state index is 0.272. The molecule has 15 heavy (non-hydrogen) atoms. The predicted molar refractivity (Wildman–Crippen MR) is 61.5 cm³/mol. The first-order valence-electron chi connectivity index (χ1n) is 5.53. The van der Waals surface area contributed by atoms with Crippen LogP contribution in [-0.2, 0) is 4.74 Å². The van der Waals surface area contributed by atoms with Crippen LogP contribution in [0.25, 0.3) is 0 Å². The Balaban J connectivity index is 1.67. The zero-order valence-electron chi connectivity index (χ0n) is 8.78. The van der Waals surface area contributed by atoms with Gasteiger partial charge < -0.3 is 4.74 Å². The van der Waals surface area contributed by atoms with Crippen molar-refractivity contribution in [2.75, 3.05) is 6.61 Å². The van der Waals surface area contributed by atoms with E-state index in [1.165, 1.54) is 12.8 Å². The molecule has 0 saturated carbocycles. The summed E-state index contributed by atoms with van der Waals surface area (Å²) in [5.74, 6) is 0.272. The van der Waals surface area contributed by atoms with Crippen LogP contribution >= 0.6 is 11.3 Å². The van der Waals surface area contributed by atoms with E-state index in [2.05, 4.69) is 0 Å². The second kappa shape index (κ2) is 5.42. The summed E-state index contributed by atoms with van der Waals surface area (Å²) in [6.45, 7) is 0.906. The summed E-state index contributed by atoms with van der Waals surface area (Å²) in [5.41, 5.74) is 0.868. The van der Waals surface area contributed by atoms with Crippen LogP contribution in [0.5, 0.6) is 0 Å². The SMILES string of the molecule is O=C(CCCC1CCCO1)c1ccsc1. The van der Waals surface area contributed by atoms with Gasteiger partial charge in [-0.25, -0.2) is 0 Å². The predicted octanol–water partition coefficient (Wildman–Crippen LogP) is 3.28. The van der Waals surface area contributed by atoms with Crippen molar-refractivity contribution in [3.05, 3.63) is 22.4 Å². The second-order valence-electron chi connectivity index (χ2n) is 3.96. The number of hydrogen-bond donors (Lipinski definition) is 0.